The number of benzene rings is 1. The molecule has 0 radical (unpaired) electrons. The Labute approximate surface area is 151 Å². The molecule has 0 aliphatic heterocycles. The number of nitrogens with zero attached hydrogens (tertiary/aromatic N) is 4. The van der Waals surface area contributed by atoms with Gasteiger partial charge in [-0.3, -0.25) is 19.3 Å². The Hall–Kier alpha value is -3.02. The van der Waals surface area contributed by atoms with Crippen molar-refractivity contribution in [2.24, 2.45) is 7.05 Å². The largest absolute Gasteiger partial charge is 0.326 e. The minimum Gasteiger partial charge on any atom is -0.326 e. The maximum atomic E-state index is 13.3. The smallest absolute Gasteiger partial charge is 0.279 e. The van der Waals surface area contributed by atoms with E-state index in [0.717, 1.165) is 18.5 Å². The van der Waals surface area contributed by atoms with Gasteiger partial charge in [0.1, 0.15) is 0 Å². The van der Waals surface area contributed by atoms with Gasteiger partial charge in [0.05, 0.1) is 17.3 Å². The Kier molecular flexibility index (Phi) is 4.03. The Morgan fingerprint density at radius 3 is 2.62 bits per heavy atom. The van der Waals surface area contributed by atoms with Crippen molar-refractivity contribution in [3.8, 4) is 0 Å². The van der Waals surface area contributed by atoms with Crippen LogP contribution in [0.2, 0.25) is 0 Å². The number of amides is 1. The second kappa shape index (κ2) is 6.37. The zero-order valence-electron chi connectivity index (χ0n) is 14.8. The Balaban J connectivity index is 1.79. The number of hydrogen-bond acceptors (Lipinski definition) is 4. The van der Waals surface area contributed by atoms with Crippen molar-refractivity contribution < 1.29 is 4.79 Å². The molecular weight excluding hydrogens is 328 g/mol. The summed E-state index contributed by atoms with van der Waals surface area (Å²) in [5.74, 6) is -0.322. The molecule has 1 saturated carbocycles. The first-order valence-electron chi connectivity index (χ1n) is 8.77. The molecule has 0 spiro atoms. The number of rotatable bonds is 4. The molecule has 132 valence electrons. The summed E-state index contributed by atoms with van der Waals surface area (Å²) in [7, 11) is 1.75. The predicted molar refractivity (Wildman–Crippen MR) is 98.8 cm³/mol. The highest BCUT2D eigenvalue weighted by Crippen LogP contribution is 2.34. The standard InChI is InChI=1S/C20H20N4O2/c1-13(16-8-5-6-12-21-16)24(14-10-11-14)20(26)18-19(25)15-7-3-4-9-17(15)23(2)22-18/h3-9,12-14H,10-11H2,1-2H3. The average Bonchev–Trinajstić information content (AvgIpc) is 3.50. The number of carbonyl (C=O) groups excluding carboxylic acids is 1. The molecule has 3 aromatic rings. The quantitative estimate of drug-likeness (QED) is 0.727. The van der Waals surface area contributed by atoms with Crippen molar-refractivity contribution in [3.63, 3.8) is 0 Å². The number of hydrogen-bond donors (Lipinski definition) is 0. The lowest BCUT2D eigenvalue weighted by Gasteiger charge is -2.28. The fraction of sp³-hybridized carbons (Fsp3) is 0.300. The second-order valence-electron chi connectivity index (χ2n) is 6.69. The molecule has 1 unspecified atom stereocenters. The first-order chi connectivity index (χ1) is 12.6. The minimum atomic E-state index is -0.322. The number of carbonyl (C=O) groups is 1. The first kappa shape index (κ1) is 16.4. The average molecular weight is 348 g/mol. The Bertz CT molecular complexity index is 1020. The van der Waals surface area contributed by atoms with Gasteiger partial charge in [-0.15, -0.1) is 0 Å². The van der Waals surface area contributed by atoms with Crippen LogP contribution in [0.4, 0.5) is 0 Å². The molecule has 1 fully saturated rings. The van der Waals surface area contributed by atoms with Gasteiger partial charge in [0.25, 0.3) is 5.91 Å². The zero-order valence-corrected chi connectivity index (χ0v) is 14.8. The summed E-state index contributed by atoms with van der Waals surface area (Å²) < 4.78 is 1.60. The molecule has 0 bridgehead atoms. The highest BCUT2D eigenvalue weighted by atomic mass is 16.2. The molecule has 6 nitrogen and oxygen atoms in total. The van der Waals surface area contributed by atoms with E-state index in [1.165, 1.54) is 0 Å². The van der Waals surface area contributed by atoms with Gasteiger partial charge in [-0.2, -0.15) is 5.10 Å². The molecule has 1 aliphatic rings. The van der Waals surface area contributed by atoms with E-state index in [0.29, 0.717) is 10.9 Å². The molecule has 0 saturated heterocycles. The normalized spacial score (nSPS) is 15.0. The summed E-state index contributed by atoms with van der Waals surface area (Å²) in [6.07, 6.45) is 3.60. The maximum Gasteiger partial charge on any atom is 0.279 e. The molecule has 1 aromatic carbocycles. The predicted octanol–water partition coefficient (Wildman–Crippen LogP) is 2.69. The molecule has 1 aliphatic carbocycles. The summed E-state index contributed by atoms with van der Waals surface area (Å²) >= 11 is 0. The van der Waals surface area contributed by atoms with E-state index in [2.05, 4.69) is 10.1 Å². The molecule has 0 N–H and O–H groups in total. The molecule has 4 rings (SSSR count). The van der Waals surface area contributed by atoms with Crippen molar-refractivity contribution >= 4 is 16.8 Å². The van der Waals surface area contributed by atoms with Gasteiger partial charge in [0, 0.05) is 24.7 Å². The summed E-state index contributed by atoms with van der Waals surface area (Å²) in [6.45, 7) is 1.95. The lowest BCUT2D eigenvalue weighted by molar-refractivity contribution is 0.0660. The van der Waals surface area contributed by atoms with E-state index in [9.17, 15) is 9.59 Å². The number of fused-ring (bicyclic) bond motifs is 1. The van der Waals surface area contributed by atoms with Gasteiger partial charge in [0.2, 0.25) is 5.43 Å². The van der Waals surface area contributed by atoms with Crippen LogP contribution < -0.4 is 5.43 Å². The van der Waals surface area contributed by atoms with Crippen LogP contribution in [0.25, 0.3) is 10.9 Å². The van der Waals surface area contributed by atoms with E-state index in [1.807, 2.05) is 37.3 Å². The number of para-hydroxylation sites is 1. The van der Waals surface area contributed by atoms with Crippen molar-refractivity contribution in [1.82, 2.24) is 19.7 Å². The van der Waals surface area contributed by atoms with E-state index >= 15 is 0 Å². The number of aromatic nitrogens is 3. The molecule has 6 heteroatoms. The third kappa shape index (κ3) is 2.77. The van der Waals surface area contributed by atoms with Gasteiger partial charge in [-0.25, -0.2) is 0 Å². The van der Waals surface area contributed by atoms with Gasteiger partial charge in [-0.05, 0) is 44.0 Å². The van der Waals surface area contributed by atoms with Gasteiger partial charge in [0.15, 0.2) is 5.69 Å². The van der Waals surface area contributed by atoms with E-state index in [4.69, 9.17) is 0 Å². The maximum absolute atomic E-state index is 13.3. The monoisotopic (exact) mass is 348 g/mol. The van der Waals surface area contributed by atoms with E-state index in [-0.39, 0.29) is 29.1 Å². The molecule has 1 atom stereocenters. The van der Waals surface area contributed by atoms with Crippen LogP contribution in [0.3, 0.4) is 0 Å². The Morgan fingerprint density at radius 2 is 1.92 bits per heavy atom. The van der Waals surface area contributed by atoms with Crippen molar-refractivity contribution in [2.45, 2.75) is 31.8 Å². The van der Waals surface area contributed by atoms with Crippen LogP contribution in [0, 0.1) is 0 Å². The molecule has 1 amide bonds. The lowest BCUT2D eigenvalue weighted by atomic mass is 10.1. The zero-order chi connectivity index (χ0) is 18.3. The van der Waals surface area contributed by atoms with Crippen LogP contribution in [-0.4, -0.2) is 31.6 Å². The third-order valence-corrected chi connectivity index (χ3v) is 4.87. The Morgan fingerprint density at radius 1 is 1.19 bits per heavy atom. The summed E-state index contributed by atoms with van der Waals surface area (Å²) in [5.41, 5.74) is 1.18. The van der Waals surface area contributed by atoms with Crippen LogP contribution in [0.5, 0.6) is 0 Å². The molecule has 2 heterocycles. The van der Waals surface area contributed by atoms with Crippen molar-refractivity contribution in [2.75, 3.05) is 0 Å². The van der Waals surface area contributed by atoms with Crippen molar-refractivity contribution in [3.05, 3.63) is 70.3 Å². The first-order valence-corrected chi connectivity index (χ1v) is 8.77. The fourth-order valence-corrected chi connectivity index (χ4v) is 3.36. The van der Waals surface area contributed by atoms with E-state index in [1.54, 1.807) is 35.0 Å². The molecule has 26 heavy (non-hydrogen) atoms. The SMILES string of the molecule is CC(c1ccccn1)N(C(=O)c1nn(C)c2ccccc2c1=O)C1CC1. The van der Waals surface area contributed by atoms with Gasteiger partial charge >= 0.3 is 0 Å². The number of pyridine rings is 1. The highest BCUT2D eigenvalue weighted by molar-refractivity contribution is 5.96. The molecule has 2 aromatic heterocycles. The lowest BCUT2D eigenvalue weighted by Crippen LogP contribution is -2.39. The van der Waals surface area contributed by atoms with Gasteiger partial charge < -0.3 is 4.90 Å². The van der Waals surface area contributed by atoms with Gasteiger partial charge in [-0.1, -0.05) is 18.2 Å². The number of aryl methyl sites for hydroxylation is 1. The summed E-state index contributed by atoms with van der Waals surface area (Å²) in [6, 6.07) is 12.8. The van der Waals surface area contributed by atoms with Crippen molar-refractivity contribution in [1.29, 1.82) is 0 Å². The van der Waals surface area contributed by atoms with Crippen LogP contribution in [0.15, 0.2) is 53.5 Å². The van der Waals surface area contributed by atoms with Crippen LogP contribution in [0.1, 0.15) is 42.0 Å². The van der Waals surface area contributed by atoms with E-state index < -0.39 is 0 Å². The minimum absolute atomic E-state index is 0.0270. The topological polar surface area (TPSA) is 68.1 Å². The summed E-state index contributed by atoms with van der Waals surface area (Å²) in [4.78, 5) is 32.3. The highest BCUT2D eigenvalue weighted by Gasteiger charge is 2.38. The fourth-order valence-electron chi connectivity index (χ4n) is 3.36. The summed E-state index contributed by atoms with van der Waals surface area (Å²) in [5, 5.41) is 4.81. The van der Waals surface area contributed by atoms with Crippen LogP contribution >= 0.6 is 0 Å². The second-order valence-corrected chi connectivity index (χ2v) is 6.69. The molecular formula is C20H20N4O2. The van der Waals surface area contributed by atoms with Crippen LogP contribution in [-0.2, 0) is 7.05 Å². The third-order valence-electron chi connectivity index (χ3n) is 4.87.